The first kappa shape index (κ1) is 27.7. The molecule has 3 aromatic carbocycles. The zero-order chi connectivity index (χ0) is 27.8. The first-order chi connectivity index (χ1) is 18.9. The molecular weight excluding hydrogens is 494 g/mol. The van der Waals surface area contributed by atoms with Crippen LogP contribution in [-0.2, 0) is 20.9 Å². The second kappa shape index (κ2) is 13.0. The van der Waals surface area contributed by atoms with Crippen LogP contribution in [0.25, 0.3) is 0 Å². The number of hydrogen-bond acceptors (Lipinski definition) is 5. The normalized spacial score (nSPS) is 15.5. The Morgan fingerprint density at radius 3 is 2.23 bits per heavy atom. The second-order valence-corrected chi connectivity index (χ2v) is 9.87. The van der Waals surface area contributed by atoms with E-state index in [0.29, 0.717) is 42.3 Å². The van der Waals surface area contributed by atoms with Crippen LogP contribution in [0.4, 0.5) is 10.5 Å². The first-order valence-electron chi connectivity index (χ1n) is 13.2. The molecule has 0 aliphatic carbocycles. The van der Waals surface area contributed by atoms with Gasteiger partial charge in [-0.3, -0.25) is 14.5 Å². The summed E-state index contributed by atoms with van der Waals surface area (Å²) < 4.78 is 10.7. The van der Waals surface area contributed by atoms with E-state index in [1.54, 1.807) is 31.4 Å². The molecule has 8 nitrogen and oxygen atoms in total. The summed E-state index contributed by atoms with van der Waals surface area (Å²) in [4.78, 5) is 41.2. The lowest BCUT2D eigenvalue weighted by atomic mass is 10.0. The third-order valence-electron chi connectivity index (χ3n) is 6.84. The van der Waals surface area contributed by atoms with Gasteiger partial charge in [-0.15, -0.1) is 0 Å². The molecule has 3 aromatic rings. The highest BCUT2D eigenvalue weighted by Crippen LogP contribution is 2.24. The van der Waals surface area contributed by atoms with Crippen molar-refractivity contribution in [1.82, 2.24) is 10.2 Å². The summed E-state index contributed by atoms with van der Waals surface area (Å²) in [7, 11) is 1.56. The second-order valence-electron chi connectivity index (χ2n) is 9.87. The molecule has 1 aliphatic heterocycles. The highest BCUT2D eigenvalue weighted by atomic mass is 16.6. The van der Waals surface area contributed by atoms with E-state index in [-0.39, 0.29) is 12.5 Å². The molecule has 3 amide bonds. The van der Waals surface area contributed by atoms with Gasteiger partial charge >= 0.3 is 6.09 Å². The summed E-state index contributed by atoms with van der Waals surface area (Å²) >= 11 is 0. The summed E-state index contributed by atoms with van der Waals surface area (Å²) in [5, 5.41) is 5.79. The number of benzene rings is 3. The Balaban J connectivity index is 1.48. The van der Waals surface area contributed by atoms with Crippen molar-refractivity contribution in [2.45, 2.75) is 51.3 Å². The van der Waals surface area contributed by atoms with Gasteiger partial charge in [-0.1, -0.05) is 68.4 Å². The quantitative estimate of drug-likeness (QED) is 0.386. The van der Waals surface area contributed by atoms with Crippen molar-refractivity contribution in [3.63, 3.8) is 0 Å². The van der Waals surface area contributed by atoms with Gasteiger partial charge in [-0.25, -0.2) is 4.79 Å². The highest BCUT2D eigenvalue weighted by Gasteiger charge is 2.37. The number of nitrogens with one attached hydrogen (secondary N) is 2. The number of methoxy groups -OCH3 is 1. The summed E-state index contributed by atoms with van der Waals surface area (Å²) in [6.07, 6.45) is 0.604. The van der Waals surface area contributed by atoms with Crippen LogP contribution in [0.5, 0.6) is 5.75 Å². The SMILES string of the molecule is COc1ccc([C@@H](NC(=O)[C@H]2CCCN2C(=O)OCc2ccccc2)C(=O)Nc2ccc(C(C)C)cc2)cc1. The van der Waals surface area contributed by atoms with Crippen LogP contribution in [0.1, 0.15) is 55.3 Å². The fourth-order valence-corrected chi connectivity index (χ4v) is 4.56. The molecule has 0 saturated carbocycles. The molecule has 1 aliphatic rings. The van der Waals surface area contributed by atoms with E-state index < -0.39 is 24.1 Å². The van der Waals surface area contributed by atoms with Gasteiger partial charge in [0, 0.05) is 12.2 Å². The number of anilines is 1. The van der Waals surface area contributed by atoms with Crippen LogP contribution >= 0.6 is 0 Å². The molecule has 39 heavy (non-hydrogen) atoms. The van der Waals surface area contributed by atoms with Crippen LogP contribution in [0, 0.1) is 0 Å². The van der Waals surface area contributed by atoms with E-state index in [1.165, 1.54) is 4.90 Å². The molecule has 1 heterocycles. The minimum Gasteiger partial charge on any atom is -0.497 e. The monoisotopic (exact) mass is 529 g/mol. The van der Waals surface area contributed by atoms with Gasteiger partial charge in [0.2, 0.25) is 5.91 Å². The average Bonchev–Trinajstić information content (AvgIpc) is 3.46. The van der Waals surface area contributed by atoms with E-state index in [9.17, 15) is 14.4 Å². The zero-order valence-corrected chi connectivity index (χ0v) is 22.6. The molecule has 0 bridgehead atoms. The van der Waals surface area contributed by atoms with Gasteiger partial charge in [-0.2, -0.15) is 0 Å². The fourth-order valence-electron chi connectivity index (χ4n) is 4.56. The van der Waals surface area contributed by atoms with Crippen molar-refractivity contribution in [2.75, 3.05) is 19.0 Å². The summed E-state index contributed by atoms with van der Waals surface area (Å²) in [5.74, 6) is 0.212. The van der Waals surface area contributed by atoms with Gasteiger partial charge in [0.1, 0.15) is 24.4 Å². The van der Waals surface area contributed by atoms with Crippen LogP contribution < -0.4 is 15.4 Å². The molecule has 0 unspecified atom stereocenters. The van der Waals surface area contributed by atoms with Crippen molar-refractivity contribution in [2.24, 2.45) is 0 Å². The molecule has 8 heteroatoms. The lowest BCUT2D eigenvalue weighted by Crippen LogP contribution is -2.48. The fraction of sp³-hybridized carbons (Fsp3) is 0.323. The third kappa shape index (κ3) is 7.16. The minimum atomic E-state index is -0.976. The number of rotatable bonds is 9. The van der Waals surface area contributed by atoms with Gasteiger partial charge in [0.25, 0.3) is 5.91 Å². The topological polar surface area (TPSA) is 97.0 Å². The Kier molecular flexibility index (Phi) is 9.20. The maximum atomic E-state index is 13.5. The number of hydrogen-bond donors (Lipinski definition) is 2. The maximum absolute atomic E-state index is 13.5. The van der Waals surface area contributed by atoms with Crippen molar-refractivity contribution in [3.05, 3.63) is 95.6 Å². The van der Waals surface area contributed by atoms with Crippen molar-refractivity contribution in [1.29, 1.82) is 0 Å². The lowest BCUT2D eigenvalue weighted by molar-refractivity contribution is -0.129. The van der Waals surface area contributed by atoms with Crippen LogP contribution in [-0.4, -0.2) is 42.5 Å². The first-order valence-corrected chi connectivity index (χ1v) is 13.2. The summed E-state index contributed by atoms with van der Waals surface area (Å²) in [6.45, 7) is 4.74. The smallest absolute Gasteiger partial charge is 0.410 e. The number of ether oxygens (including phenoxy) is 2. The maximum Gasteiger partial charge on any atom is 0.410 e. The highest BCUT2D eigenvalue weighted by molar-refractivity contribution is 5.99. The van der Waals surface area contributed by atoms with E-state index in [0.717, 1.165) is 11.1 Å². The van der Waals surface area contributed by atoms with E-state index in [4.69, 9.17) is 9.47 Å². The Bertz CT molecular complexity index is 1260. The van der Waals surface area contributed by atoms with Crippen LogP contribution in [0.2, 0.25) is 0 Å². The Labute approximate surface area is 229 Å². The molecular formula is C31H35N3O5. The molecule has 204 valence electrons. The number of amides is 3. The summed E-state index contributed by atoms with van der Waals surface area (Å²) in [5.41, 5.74) is 3.25. The zero-order valence-electron chi connectivity index (χ0n) is 22.6. The van der Waals surface area contributed by atoms with E-state index >= 15 is 0 Å². The average molecular weight is 530 g/mol. The molecule has 2 atom stereocenters. The predicted octanol–water partition coefficient (Wildman–Crippen LogP) is 5.42. The number of carbonyl (C=O) groups is 3. The third-order valence-corrected chi connectivity index (χ3v) is 6.84. The van der Waals surface area contributed by atoms with Crippen molar-refractivity contribution in [3.8, 4) is 5.75 Å². The minimum absolute atomic E-state index is 0.122. The molecule has 2 N–H and O–H groups in total. The molecule has 4 rings (SSSR count). The van der Waals surface area contributed by atoms with Crippen molar-refractivity contribution < 1.29 is 23.9 Å². The Morgan fingerprint density at radius 2 is 1.59 bits per heavy atom. The van der Waals surface area contributed by atoms with Gasteiger partial charge in [0.15, 0.2) is 0 Å². The molecule has 0 spiro atoms. The van der Waals surface area contributed by atoms with Gasteiger partial charge < -0.3 is 20.1 Å². The van der Waals surface area contributed by atoms with Gasteiger partial charge in [0.05, 0.1) is 7.11 Å². The predicted molar refractivity (Wildman–Crippen MR) is 149 cm³/mol. The largest absolute Gasteiger partial charge is 0.497 e. The molecule has 0 radical (unpaired) electrons. The number of nitrogens with zero attached hydrogens (tertiary/aromatic N) is 1. The van der Waals surface area contributed by atoms with E-state index in [1.807, 2.05) is 54.6 Å². The Hall–Kier alpha value is -4.33. The number of carbonyl (C=O) groups excluding carboxylic acids is 3. The van der Waals surface area contributed by atoms with E-state index in [2.05, 4.69) is 24.5 Å². The van der Waals surface area contributed by atoms with Crippen LogP contribution in [0.15, 0.2) is 78.9 Å². The lowest BCUT2D eigenvalue weighted by Gasteiger charge is -2.26. The summed E-state index contributed by atoms with van der Waals surface area (Å²) in [6, 6.07) is 22.3. The molecule has 1 fully saturated rings. The standard InChI is InChI=1S/C31H35N3O5/c1-21(2)23-11-15-25(16-12-23)32-30(36)28(24-13-17-26(38-3)18-14-24)33-29(35)27-10-7-19-34(27)31(37)39-20-22-8-5-4-6-9-22/h4-6,8-9,11-18,21,27-28H,7,10,19-20H2,1-3H3,(H,32,36)(H,33,35)/t27-,28-/m1/s1. The molecule has 0 aromatic heterocycles. The Morgan fingerprint density at radius 1 is 0.923 bits per heavy atom. The molecule has 1 saturated heterocycles. The van der Waals surface area contributed by atoms with Crippen molar-refractivity contribution >= 4 is 23.6 Å². The van der Waals surface area contributed by atoms with Crippen LogP contribution in [0.3, 0.4) is 0 Å². The van der Waals surface area contributed by atoms with Gasteiger partial charge in [-0.05, 0) is 59.7 Å². The number of likely N-dealkylation sites (tertiary alicyclic amines) is 1.